The molecule has 0 spiro atoms. The van der Waals surface area contributed by atoms with E-state index in [-0.39, 0.29) is 0 Å². The predicted octanol–water partition coefficient (Wildman–Crippen LogP) is 5.47. The van der Waals surface area contributed by atoms with Crippen LogP contribution in [-0.2, 0) is 6.54 Å². The lowest BCUT2D eigenvalue weighted by Crippen LogP contribution is -2.06. The summed E-state index contributed by atoms with van der Waals surface area (Å²) in [6.07, 6.45) is 4.96. The topological polar surface area (TPSA) is 36.3 Å². The van der Waals surface area contributed by atoms with Crippen LogP contribution >= 0.6 is 0 Å². The Labute approximate surface area is 161 Å². The Morgan fingerprint density at radius 1 is 1.04 bits per heavy atom. The second-order valence-corrected chi connectivity index (χ2v) is 6.85. The summed E-state index contributed by atoms with van der Waals surface area (Å²) in [5.41, 5.74) is 5.95. The number of hydrogen-bond donors (Lipinski definition) is 0. The third kappa shape index (κ3) is 4.16. The summed E-state index contributed by atoms with van der Waals surface area (Å²) in [7, 11) is 1.67. The van der Waals surface area contributed by atoms with Crippen molar-refractivity contribution in [1.82, 2.24) is 9.55 Å². The van der Waals surface area contributed by atoms with Gasteiger partial charge in [-0.15, -0.1) is 0 Å². The van der Waals surface area contributed by atoms with Crippen LogP contribution in [0.2, 0.25) is 0 Å². The van der Waals surface area contributed by atoms with Crippen LogP contribution < -0.4 is 9.47 Å². The van der Waals surface area contributed by atoms with Crippen molar-refractivity contribution in [1.29, 1.82) is 0 Å². The van der Waals surface area contributed by atoms with E-state index in [0.29, 0.717) is 6.61 Å². The number of rotatable bonds is 7. The van der Waals surface area contributed by atoms with E-state index in [1.165, 1.54) is 16.6 Å². The van der Waals surface area contributed by atoms with Crippen molar-refractivity contribution in [3.8, 4) is 11.5 Å². The first-order valence-electron chi connectivity index (χ1n) is 9.41. The number of methoxy groups -OCH3 is 1. The van der Waals surface area contributed by atoms with Crippen molar-refractivity contribution in [2.45, 2.75) is 40.7 Å². The summed E-state index contributed by atoms with van der Waals surface area (Å²) < 4.78 is 13.7. The molecule has 0 N–H and O–H groups in total. The van der Waals surface area contributed by atoms with E-state index < -0.39 is 0 Å². The molecule has 0 radical (unpaired) electrons. The lowest BCUT2D eigenvalue weighted by atomic mass is 10.1. The zero-order valence-corrected chi connectivity index (χ0v) is 16.9. The van der Waals surface area contributed by atoms with Gasteiger partial charge in [-0.1, -0.05) is 18.2 Å². The third-order valence-electron chi connectivity index (χ3n) is 4.88. The number of fused-ring (bicyclic) bond motifs is 1. The van der Waals surface area contributed by atoms with E-state index in [4.69, 9.17) is 14.5 Å². The monoisotopic (exact) mass is 364 g/mol. The van der Waals surface area contributed by atoms with Gasteiger partial charge in [-0.3, -0.25) is 0 Å². The summed E-state index contributed by atoms with van der Waals surface area (Å²) >= 11 is 0. The first-order valence-corrected chi connectivity index (χ1v) is 9.41. The number of allylic oxidation sites excluding steroid dienone is 1. The number of ether oxygens (including phenoxy) is 2. The van der Waals surface area contributed by atoms with Crippen molar-refractivity contribution in [3.63, 3.8) is 0 Å². The largest absolute Gasteiger partial charge is 0.493 e. The standard InChI is InChI=1S/C23H28N2O2/c1-6-8-19-9-10-22(23(15-19)26-5)27-12-7-11-25-18(4)24-20-13-16(2)17(3)14-21(20)25/h6,8-10,13-15H,7,11-12H2,1-5H3/b8-6+. The highest BCUT2D eigenvalue weighted by molar-refractivity contribution is 5.78. The van der Waals surface area contributed by atoms with Crippen LogP contribution in [0.5, 0.6) is 11.5 Å². The fourth-order valence-corrected chi connectivity index (χ4v) is 3.29. The van der Waals surface area contributed by atoms with E-state index in [9.17, 15) is 0 Å². The van der Waals surface area contributed by atoms with Gasteiger partial charge in [0.15, 0.2) is 11.5 Å². The first-order chi connectivity index (χ1) is 13.0. The molecule has 0 aliphatic carbocycles. The summed E-state index contributed by atoms with van der Waals surface area (Å²) in [5, 5.41) is 0. The maximum atomic E-state index is 5.97. The van der Waals surface area contributed by atoms with E-state index >= 15 is 0 Å². The minimum atomic E-state index is 0.628. The molecule has 1 heterocycles. The Balaban J connectivity index is 1.66. The van der Waals surface area contributed by atoms with E-state index in [0.717, 1.165) is 41.4 Å². The van der Waals surface area contributed by atoms with Crippen LogP contribution in [0.4, 0.5) is 0 Å². The molecule has 0 fully saturated rings. The molecule has 4 heteroatoms. The lowest BCUT2D eigenvalue weighted by Gasteiger charge is -2.12. The van der Waals surface area contributed by atoms with Gasteiger partial charge in [-0.2, -0.15) is 0 Å². The number of nitrogens with zero attached hydrogens (tertiary/aromatic N) is 2. The maximum Gasteiger partial charge on any atom is 0.161 e. The van der Waals surface area contributed by atoms with Crippen molar-refractivity contribution in [2.75, 3.05) is 13.7 Å². The summed E-state index contributed by atoms with van der Waals surface area (Å²) in [6.45, 7) is 9.85. The number of benzene rings is 2. The third-order valence-corrected chi connectivity index (χ3v) is 4.88. The van der Waals surface area contributed by atoms with Crippen molar-refractivity contribution in [2.24, 2.45) is 0 Å². The molecule has 0 saturated carbocycles. The SMILES string of the molecule is C/C=C/c1ccc(OCCCn2c(C)nc3cc(C)c(C)cc32)c(OC)c1. The van der Waals surface area contributed by atoms with Crippen LogP contribution in [-0.4, -0.2) is 23.3 Å². The molecule has 0 unspecified atom stereocenters. The summed E-state index contributed by atoms with van der Waals surface area (Å²) in [5.74, 6) is 2.59. The molecule has 0 atom stereocenters. The van der Waals surface area contributed by atoms with Crippen molar-refractivity contribution in [3.05, 3.63) is 58.9 Å². The van der Waals surface area contributed by atoms with Crippen LogP contribution in [0.3, 0.4) is 0 Å². The molecule has 0 aliphatic rings. The second kappa shape index (κ2) is 8.30. The minimum Gasteiger partial charge on any atom is -0.493 e. The van der Waals surface area contributed by atoms with Crippen molar-refractivity contribution >= 4 is 17.1 Å². The fraction of sp³-hybridized carbons (Fsp3) is 0.348. The molecule has 3 aromatic rings. The Morgan fingerprint density at radius 2 is 1.81 bits per heavy atom. The van der Waals surface area contributed by atoms with Crippen LogP contribution in [0.15, 0.2) is 36.4 Å². The summed E-state index contributed by atoms with van der Waals surface area (Å²) in [6, 6.07) is 10.4. The van der Waals surface area contributed by atoms with Gasteiger partial charge in [0.25, 0.3) is 0 Å². The normalized spacial score (nSPS) is 11.4. The smallest absolute Gasteiger partial charge is 0.161 e. The molecule has 0 bridgehead atoms. The highest BCUT2D eigenvalue weighted by Gasteiger charge is 2.10. The van der Waals surface area contributed by atoms with Crippen molar-refractivity contribution < 1.29 is 9.47 Å². The molecule has 142 valence electrons. The molecule has 0 aliphatic heterocycles. The van der Waals surface area contributed by atoms with Gasteiger partial charge < -0.3 is 14.0 Å². The van der Waals surface area contributed by atoms with Gasteiger partial charge in [-0.25, -0.2) is 4.98 Å². The van der Waals surface area contributed by atoms with Gasteiger partial charge in [0.1, 0.15) is 5.82 Å². The second-order valence-electron chi connectivity index (χ2n) is 6.85. The van der Waals surface area contributed by atoms with Crippen LogP contribution in [0, 0.1) is 20.8 Å². The molecule has 27 heavy (non-hydrogen) atoms. The molecule has 3 rings (SSSR count). The highest BCUT2D eigenvalue weighted by atomic mass is 16.5. The highest BCUT2D eigenvalue weighted by Crippen LogP contribution is 2.29. The molecular weight excluding hydrogens is 336 g/mol. The van der Waals surface area contributed by atoms with Gasteiger partial charge in [0.2, 0.25) is 0 Å². The molecule has 4 nitrogen and oxygen atoms in total. The Hall–Kier alpha value is -2.75. The molecule has 1 aromatic heterocycles. The fourth-order valence-electron chi connectivity index (χ4n) is 3.29. The maximum absolute atomic E-state index is 5.97. The number of hydrogen-bond acceptors (Lipinski definition) is 3. The molecule has 0 amide bonds. The average Bonchev–Trinajstić information content (AvgIpc) is 2.94. The first kappa shape index (κ1) is 19.0. The van der Waals surface area contributed by atoms with Crippen LogP contribution in [0.1, 0.15) is 35.9 Å². The van der Waals surface area contributed by atoms with Gasteiger partial charge in [0, 0.05) is 6.54 Å². The molecular formula is C23H28N2O2. The average molecular weight is 364 g/mol. The predicted molar refractivity (Wildman–Crippen MR) is 112 cm³/mol. The molecule has 0 saturated heterocycles. The zero-order chi connectivity index (χ0) is 19.4. The zero-order valence-electron chi connectivity index (χ0n) is 16.9. The van der Waals surface area contributed by atoms with Gasteiger partial charge >= 0.3 is 0 Å². The van der Waals surface area contributed by atoms with Crippen LogP contribution in [0.25, 0.3) is 17.1 Å². The van der Waals surface area contributed by atoms with Gasteiger partial charge in [0.05, 0.1) is 24.8 Å². The van der Waals surface area contributed by atoms with Gasteiger partial charge in [-0.05, 0) is 75.1 Å². The van der Waals surface area contributed by atoms with E-state index in [1.807, 2.05) is 37.3 Å². The number of aromatic nitrogens is 2. The quantitative estimate of drug-likeness (QED) is 0.521. The Kier molecular flexibility index (Phi) is 5.84. The Bertz CT molecular complexity index is 970. The van der Waals surface area contributed by atoms with E-state index in [2.05, 4.69) is 37.5 Å². The lowest BCUT2D eigenvalue weighted by molar-refractivity contribution is 0.283. The number of aryl methyl sites for hydroxylation is 4. The Morgan fingerprint density at radius 3 is 2.56 bits per heavy atom. The minimum absolute atomic E-state index is 0.628. The summed E-state index contributed by atoms with van der Waals surface area (Å²) in [4.78, 5) is 4.70. The molecule has 2 aromatic carbocycles. The number of imidazole rings is 1. The van der Waals surface area contributed by atoms with E-state index in [1.54, 1.807) is 7.11 Å².